The summed E-state index contributed by atoms with van der Waals surface area (Å²) in [4.78, 5) is 26.3. The summed E-state index contributed by atoms with van der Waals surface area (Å²) in [6, 6.07) is 11.3. The van der Waals surface area contributed by atoms with E-state index in [1.165, 1.54) is 5.01 Å². The summed E-state index contributed by atoms with van der Waals surface area (Å²) >= 11 is 0. The topological polar surface area (TPSA) is 83.5 Å². The SMILES string of the molecule is CNC(=O)N1N=C(c2ccc(N3CCCOC3=O)cc2)c2cc(C)c(OC)cc2CC1C. The van der Waals surface area contributed by atoms with Crippen molar-refractivity contribution in [3.63, 3.8) is 0 Å². The van der Waals surface area contributed by atoms with E-state index >= 15 is 0 Å². The number of aryl methyl sites for hydroxylation is 1. The second kappa shape index (κ2) is 8.90. The van der Waals surface area contributed by atoms with Crippen LogP contribution in [0.3, 0.4) is 0 Å². The van der Waals surface area contributed by atoms with E-state index in [1.54, 1.807) is 19.1 Å². The van der Waals surface area contributed by atoms with Gasteiger partial charge in [0.1, 0.15) is 5.75 Å². The first-order valence-corrected chi connectivity index (χ1v) is 10.7. The normalized spacial score (nSPS) is 18.3. The molecule has 168 valence electrons. The third kappa shape index (κ3) is 4.00. The average Bonchev–Trinajstić information content (AvgIpc) is 2.94. The lowest BCUT2D eigenvalue weighted by Gasteiger charge is -2.26. The second-order valence-corrected chi connectivity index (χ2v) is 8.05. The van der Waals surface area contributed by atoms with Crippen LogP contribution in [0.25, 0.3) is 0 Å². The van der Waals surface area contributed by atoms with Crippen molar-refractivity contribution in [2.24, 2.45) is 5.10 Å². The smallest absolute Gasteiger partial charge is 0.414 e. The van der Waals surface area contributed by atoms with Crippen LogP contribution in [0.2, 0.25) is 0 Å². The number of amides is 3. The minimum atomic E-state index is -0.330. The molecule has 3 amide bonds. The standard InChI is InChI=1S/C24H28N4O4/c1-15-12-20-18(14-21(15)31-4)13-16(2)28(23(29)25-3)26-22(20)17-6-8-19(9-7-17)27-10-5-11-32-24(27)30/h6-9,12,14,16H,5,10-11,13H2,1-4H3,(H,25,29). The molecule has 32 heavy (non-hydrogen) atoms. The quantitative estimate of drug-likeness (QED) is 0.796. The summed E-state index contributed by atoms with van der Waals surface area (Å²) in [5.74, 6) is 0.808. The monoisotopic (exact) mass is 436 g/mol. The van der Waals surface area contributed by atoms with Gasteiger partial charge in [-0.3, -0.25) is 4.90 Å². The fourth-order valence-corrected chi connectivity index (χ4v) is 4.16. The zero-order chi connectivity index (χ0) is 22.8. The Morgan fingerprint density at radius 3 is 2.66 bits per heavy atom. The fraction of sp³-hybridized carbons (Fsp3) is 0.375. The lowest BCUT2D eigenvalue weighted by Crippen LogP contribution is -2.41. The molecule has 1 fully saturated rings. The molecule has 8 heteroatoms. The van der Waals surface area contributed by atoms with Gasteiger partial charge in [-0.1, -0.05) is 12.1 Å². The number of fused-ring (bicyclic) bond motifs is 1. The van der Waals surface area contributed by atoms with Gasteiger partial charge in [-0.2, -0.15) is 5.10 Å². The molecule has 1 saturated heterocycles. The zero-order valence-electron chi connectivity index (χ0n) is 18.8. The molecular weight excluding hydrogens is 408 g/mol. The molecule has 0 radical (unpaired) electrons. The van der Waals surface area contributed by atoms with Crippen molar-refractivity contribution in [2.45, 2.75) is 32.7 Å². The van der Waals surface area contributed by atoms with Crippen LogP contribution in [-0.2, 0) is 11.2 Å². The fourth-order valence-electron chi connectivity index (χ4n) is 4.16. The maximum Gasteiger partial charge on any atom is 0.414 e. The van der Waals surface area contributed by atoms with Crippen molar-refractivity contribution in [1.82, 2.24) is 10.3 Å². The molecule has 1 N–H and O–H groups in total. The van der Waals surface area contributed by atoms with E-state index in [1.807, 2.05) is 44.2 Å². The van der Waals surface area contributed by atoms with Crippen LogP contribution in [0, 0.1) is 6.92 Å². The number of hydrazone groups is 1. The first-order valence-electron chi connectivity index (χ1n) is 10.7. The highest BCUT2D eigenvalue weighted by molar-refractivity contribution is 6.14. The summed E-state index contributed by atoms with van der Waals surface area (Å²) in [6.45, 7) is 5.05. The van der Waals surface area contributed by atoms with Crippen molar-refractivity contribution in [3.05, 3.63) is 58.7 Å². The van der Waals surface area contributed by atoms with E-state index in [-0.39, 0.29) is 18.2 Å². The van der Waals surface area contributed by atoms with Gasteiger partial charge in [0.05, 0.1) is 25.5 Å². The molecule has 2 aromatic carbocycles. The maximum atomic E-state index is 12.6. The number of anilines is 1. The zero-order valence-corrected chi connectivity index (χ0v) is 18.8. The van der Waals surface area contributed by atoms with E-state index in [0.717, 1.165) is 40.1 Å². The van der Waals surface area contributed by atoms with Crippen LogP contribution in [0.1, 0.15) is 35.6 Å². The minimum Gasteiger partial charge on any atom is -0.496 e. The number of rotatable bonds is 3. The summed E-state index contributed by atoms with van der Waals surface area (Å²) in [5, 5.41) is 8.96. The predicted molar refractivity (Wildman–Crippen MR) is 123 cm³/mol. The summed E-state index contributed by atoms with van der Waals surface area (Å²) in [6.07, 6.45) is 1.11. The van der Waals surface area contributed by atoms with Gasteiger partial charge in [0.15, 0.2) is 0 Å². The number of hydrogen-bond donors (Lipinski definition) is 1. The third-order valence-corrected chi connectivity index (χ3v) is 5.86. The Hall–Kier alpha value is -3.55. The highest BCUT2D eigenvalue weighted by Gasteiger charge is 2.28. The molecule has 2 aliphatic rings. The van der Waals surface area contributed by atoms with Gasteiger partial charge in [-0.15, -0.1) is 0 Å². The van der Waals surface area contributed by atoms with E-state index in [2.05, 4.69) is 11.4 Å². The highest BCUT2D eigenvalue weighted by Crippen LogP contribution is 2.30. The van der Waals surface area contributed by atoms with Gasteiger partial charge in [-0.05, 0) is 62.1 Å². The van der Waals surface area contributed by atoms with Crippen molar-refractivity contribution in [3.8, 4) is 5.75 Å². The lowest BCUT2D eigenvalue weighted by molar-refractivity contribution is 0.140. The molecule has 0 bridgehead atoms. The number of ether oxygens (including phenoxy) is 2. The van der Waals surface area contributed by atoms with Crippen molar-refractivity contribution in [1.29, 1.82) is 0 Å². The van der Waals surface area contributed by atoms with E-state index < -0.39 is 0 Å². The van der Waals surface area contributed by atoms with Gasteiger partial charge >= 0.3 is 12.1 Å². The molecule has 0 aliphatic carbocycles. The number of urea groups is 1. The summed E-state index contributed by atoms with van der Waals surface area (Å²) in [7, 11) is 3.26. The maximum absolute atomic E-state index is 12.6. The minimum absolute atomic E-state index is 0.138. The van der Waals surface area contributed by atoms with Crippen molar-refractivity contribution in [2.75, 3.05) is 32.2 Å². The Balaban J connectivity index is 1.79. The molecule has 0 saturated carbocycles. The van der Waals surface area contributed by atoms with Crippen LogP contribution < -0.4 is 15.0 Å². The Kier molecular flexibility index (Phi) is 6.03. The molecule has 0 spiro atoms. The largest absolute Gasteiger partial charge is 0.496 e. The number of hydrogen-bond acceptors (Lipinski definition) is 5. The van der Waals surface area contributed by atoms with Crippen molar-refractivity contribution < 1.29 is 19.1 Å². The average molecular weight is 437 g/mol. The van der Waals surface area contributed by atoms with Crippen LogP contribution in [0.4, 0.5) is 15.3 Å². The number of benzene rings is 2. The second-order valence-electron chi connectivity index (χ2n) is 8.05. The van der Waals surface area contributed by atoms with Gasteiger partial charge in [0, 0.05) is 30.4 Å². The van der Waals surface area contributed by atoms with Crippen LogP contribution in [-0.4, -0.2) is 56.2 Å². The van der Waals surface area contributed by atoms with Gasteiger partial charge in [0.2, 0.25) is 0 Å². The molecule has 0 aromatic heterocycles. The number of nitrogens with zero attached hydrogens (tertiary/aromatic N) is 3. The molecule has 1 atom stereocenters. The number of cyclic esters (lactones) is 1. The Bertz CT molecular complexity index is 1060. The summed E-state index contributed by atoms with van der Waals surface area (Å²) in [5.41, 5.74) is 5.35. The van der Waals surface area contributed by atoms with Crippen molar-refractivity contribution >= 4 is 23.5 Å². The van der Waals surface area contributed by atoms with Gasteiger partial charge in [-0.25, -0.2) is 14.6 Å². The highest BCUT2D eigenvalue weighted by atomic mass is 16.6. The molecule has 4 rings (SSSR count). The molecule has 1 unspecified atom stereocenters. The number of carbonyl (C=O) groups is 2. The predicted octanol–water partition coefficient (Wildman–Crippen LogP) is 3.69. The summed E-state index contributed by atoms with van der Waals surface area (Å²) < 4.78 is 10.7. The van der Waals surface area contributed by atoms with Crippen LogP contribution >= 0.6 is 0 Å². The Morgan fingerprint density at radius 2 is 2.00 bits per heavy atom. The first-order chi connectivity index (χ1) is 15.4. The van der Waals surface area contributed by atoms with Crippen LogP contribution in [0.15, 0.2) is 41.5 Å². The van der Waals surface area contributed by atoms with E-state index in [9.17, 15) is 9.59 Å². The number of nitrogens with one attached hydrogen (secondary N) is 1. The van der Waals surface area contributed by atoms with E-state index in [0.29, 0.717) is 25.3 Å². The molecule has 2 aliphatic heterocycles. The molecule has 8 nitrogen and oxygen atoms in total. The third-order valence-electron chi connectivity index (χ3n) is 5.86. The molecule has 2 heterocycles. The van der Waals surface area contributed by atoms with Gasteiger partial charge < -0.3 is 14.8 Å². The lowest BCUT2D eigenvalue weighted by atomic mass is 9.92. The molecular formula is C24H28N4O4. The number of carbonyl (C=O) groups excluding carboxylic acids is 2. The molecule has 2 aromatic rings. The number of methoxy groups -OCH3 is 1. The Morgan fingerprint density at radius 1 is 1.25 bits per heavy atom. The van der Waals surface area contributed by atoms with Crippen LogP contribution in [0.5, 0.6) is 5.75 Å². The van der Waals surface area contributed by atoms with E-state index in [4.69, 9.17) is 14.6 Å². The first kappa shape index (κ1) is 21.7. The Labute approximate surface area is 187 Å². The van der Waals surface area contributed by atoms with Gasteiger partial charge in [0.25, 0.3) is 0 Å².